The number of allylic oxidation sites excluding steroid dienone is 2. The average molecular weight is 355 g/mol. The molecule has 0 radical (unpaired) electrons. The van der Waals surface area contributed by atoms with Crippen molar-refractivity contribution in [2.24, 2.45) is 5.92 Å². The van der Waals surface area contributed by atoms with Gasteiger partial charge in [0.1, 0.15) is 5.02 Å². The van der Waals surface area contributed by atoms with Crippen molar-refractivity contribution in [1.82, 2.24) is 0 Å². The summed E-state index contributed by atoms with van der Waals surface area (Å²) < 4.78 is 0. The molecular formula is C20H19ClN2O2. The van der Waals surface area contributed by atoms with Crippen LogP contribution in [-0.4, -0.2) is 4.92 Å². The van der Waals surface area contributed by atoms with Gasteiger partial charge >= 0.3 is 0 Å². The zero-order chi connectivity index (χ0) is 17.6. The quantitative estimate of drug-likeness (QED) is 0.441. The van der Waals surface area contributed by atoms with Gasteiger partial charge in [-0.15, -0.1) is 0 Å². The summed E-state index contributed by atoms with van der Waals surface area (Å²) >= 11 is 6.00. The van der Waals surface area contributed by atoms with E-state index in [1.807, 2.05) is 6.07 Å². The van der Waals surface area contributed by atoms with Gasteiger partial charge in [0.25, 0.3) is 5.69 Å². The zero-order valence-electron chi connectivity index (χ0n) is 13.9. The molecule has 4 rings (SSSR count). The van der Waals surface area contributed by atoms with Crippen LogP contribution in [0.5, 0.6) is 0 Å². The van der Waals surface area contributed by atoms with E-state index in [-0.39, 0.29) is 16.8 Å². The minimum absolute atomic E-state index is 0.0296. The van der Waals surface area contributed by atoms with Crippen molar-refractivity contribution >= 4 is 23.0 Å². The molecule has 1 aliphatic carbocycles. The third-order valence-corrected chi connectivity index (χ3v) is 5.71. The third-order valence-electron chi connectivity index (χ3n) is 5.39. The van der Waals surface area contributed by atoms with Crippen molar-refractivity contribution in [3.05, 3.63) is 80.4 Å². The standard InChI is InChI=1S/C20H19ClN2O2/c1-2-12-5-3-7-15-14-6-4-8-16(14)20(22-19(12)15)13-9-10-17(21)18(11-13)23(24)25/h3-7,9-11,14,16,20,22H,2,8H2,1H3/t14-,16+,20+/m0/s1. The molecule has 0 saturated heterocycles. The lowest BCUT2D eigenvalue weighted by Gasteiger charge is -2.38. The van der Waals surface area contributed by atoms with Crippen LogP contribution in [0.25, 0.3) is 0 Å². The normalized spacial score (nSPS) is 23.7. The van der Waals surface area contributed by atoms with Crippen molar-refractivity contribution in [3.8, 4) is 0 Å². The molecule has 25 heavy (non-hydrogen) atoms. The number of hydrogen-bond acceptors (Lipinski definition) is 3. The first-order valence-electron chi connectivity index (χ1n) is 8.59. The fourth-order valence-electron chi connectivity index (χ4n) is 4.17. The number of halogens is 1. The van der Waals surface area contributed by atoms with Gasteiger partial charge in [0.15, 0.2) is 0 Å². The SMILES string of the molecule is CCc1cccc2c1N[C@H](c1ccc(Cl)c([N+](=O)[O-])c1)[C@@H]1CC=C[C@@H]21. The number of benzene rings is 2. The third kappa shape index (κ3) is 2.61. The number of nitrogens with one attached hydrogen (secondary N) is 1. The van der Waals surface area contributed by atoms with Gasteiger partial charge in [-0.05, 0) is 41.5 Å². The molecule has 0 unspecified atom stereocenters. The van der Waals surface area contributed by atoms with E-state index in [2.05, 4.69) is 42.6 Å². The summed E-state index contributed by atoms with van der Waals surface area (Å²) in [5, 5.41) is 15.1. The summed E-state index contributed by atoms with van der Waals surface area (Å²) in [5.41, 5.74) is 4.69. The summed E-state index contributed by atoms with van der Waals surface area (Å²) in [6, 6.07) is 11.7. The highest BCUT2D eigenvalue weighted by atomic mass is 35.5. The van der Waals surface area contributed by atoms with Gasteiger partial charge in [0, 0.05) is 17.7 Å². The molecule has 1 aliphatic heterocycles. The van der Waals surface area contributed by atoms with E-state index in [9.17, 15) is 10.1 Å². The van der Waals surface area contributed by atoms with Gasteiger partial charge in [-0.1, -0.05) is 54.9 Å². The lowest BCUT2D eigenvalue weighted by atomic mass is 9.76. The molecular weight excluding hydrogens is 336 g/mol. The van der Waals surface area contributed by atoms with E-state index in [1.54, 1.807) is 12.1 Å². The Morgan fingerprint density at radius 2 is 2.16 bits per heavy atom. The molecule has 0 aromatic heterocycles. The lowest BCUT2D eigenvalue weighted by Crippen LogP contribution is -2.29. The van der Waals surface area contributed by atoms with E-state index < -0.39 is 4.92 Å². The summed E-state index contributed by atoms with van der Waals surface area (Å²) in [5.74, 6) is 0.711. The first-order chi connectivity index (χ1) is 12.1. The number of nitrogens with zero attached hydrogens (tertiary/aromatic N) is 1. The Balaban J connectivity index is 1.81. The van der Waals surface area contributed by atoms with Gasteiger partial charge in [-0.25, -0.2) is 0 Å². The van der Waals surface area contributed by atoms with Crippen LogP contribution >= 0.6 is 11.6 Å². The van der Waals surface area contributed by atoms with E-state index in [4.69, 9.17) is 11.6 Å². The maximum Gasteiger partial charge on any atom is 0.288 e. The monoisotopic (exact) mass is 354 g/mol. The maximum absolute atomic E-state index is 11.3. The summed E-state index contributed by atoms with van der Waals surface area (Å²) in [7, 11) is 0. The van der Waals surface area contributed by atoms with Gasteiger partial charge in [0.05, 0.1) is 11.0 Å². The zero-order valence-corrected chi connectivity index (χ0v) is 14.7. The Bertz CT molecular complexity index is 878. The largest absolute Gasteiger partial charge is 0.377 e. The molecule has 2 aliphatic rings. The fourth-order valence-corrected chi connectivity index (χ4v) is 4.36. The highest BCUT2D eigenvalue weighted by molar-refractivity contribution is 6.32. The molecule has 0 fully saturated rings. The Morgan fingerprint density at radius 1 is 1.32 bits per heavy atom. The van der Waals surface area contributed by atoms with E-state index in [0.717, 1.165) is 18.4 Å². The van der Waals surface area contributed by atoms with E-state index >= 15 is 0 Å². The van der Waals surface area contributed by atoms with Crippen LogP contribution in [-0.2, 0) is 6.42 Å². The number of nitro benzene ring substituents is 1. The summed E-state index contributed by atoms with van der Waals surface area (Å²) in [6.45, 7) is 2.15. The Kier molecular flexibility index (Phi) is 4.00. The smallest absolute Gasteiger partial charge is 0.288 e. The van der Waals surface area contributed by atoms with Gasteiger partial charge in [-0.3, -0.25) is 10.1 Å². The van der Waals surface area contributed by atoms with Crippen LogP contribution in [0.1, 0.15) is 42.0 Å². The average Bonchev–Trinajstić information content (AvgIpc) is 3.10. The second-order valence-electron chi connectivity index (χ2n) is 6.68. The lowest BCUT2D eigenvalue weighted by molar-refractivity contribution is -0.384. The maximum atomic E-state index is 11.3. The number of fused-ring (bicyclic) bond motifs is 3. The van der Waals surface area contributed by atoms with Crippen molar-refractivity contribution in [1.29, 1.82) is 0 Å². The van der Waals surface area contributed by atoms with Crippen LogP contribution in [0.15, 0.2) is 48.6 Å². The summed E-state index contributed by atoms with van der Waals surface area (Å²) in [4.78, 5) is 10.9. The van der Waals surface area contributed by atoms with Crippen molar-refractivity contribution < 1.29 is 4.92 Å². The van der Waals surface area contributed by atoms with Gasteiger partial charge in [0.2, 0.25) is 0 Å². The Morgan fingerprint density at radius 3 is 2.92 bits per heavy atom. The molecule has 2 aromatic carbocycles. The number of anilines is 1. The van der Waals surface area contributed by atoms with Gasteiger partial charge in [-0.2, -0.15) is 0 Å². The van der Waals surface area contributed by atoms with Crippen LogP contribution in [0, 0.1) is 16.0 Å². The number of rotatable bonds is 3. The first-order valence-corrected chi connectivity index (χ1v) is 8.96. The number of para-hydroxylation sites is 1. The molecule has 0 amide bonds. The molecule has 1 heterocycles. The molecule has 0 spiro atoms. The fraction of sp³-hybridized carbons (Fsp3) is 0.300. The predicted octanol–water partition coefficient (Wildman–Crippen LogP) is 5.64. The number of hydrogen-bond donors (Lipinski definition) is 1. The molecule has 128 valence electrons. The minimum Gasteiger partial charge on any atom is -0.377 e. The molecule has 5 heteroatoms. The summed E-state index contributed by atoms with van der Waals surface area (Å²) in [6.07, 6.45) is 6.42. The van der Waals surface area contributed by atoms with Crippen molar-refractivity contribution in [2.45, 2.75) is 31.7 Å². The second-order valence-corrected chi connectivity index (χ2v) is 7.09. The topological polar surface area (TPSA) is 55.2 Å². The Labute approximate surface area is 151 Å². The molecule has 4 nitrogen and oxygen atoms in total. The molecule has 0 saturated carbocycles. The first kappa shape index (κ1) is 16.2. The molecule has 2 aromatic rings. The van der Waals surface area contributed by atoms with E-state index in [1.165, 1.54) is 16.8 Å². The molecule has 3 atom stereocenters. The van der Waals surface area contributed by atoms with Crippen LogP contribution in [0.3, 0.4) is 0 Å². The Hall–Kier alpha value is -2.33. The number of aryl methyl sites for hydroxylation is 1. The number of nitro groups is 1. The predicted molar refractivity (Wildman–Crippen MR) is 100 cm³/mol. The van der Waals surface area contributed by atoms with Gasteiger partial charge < -0.3 is 5.32 Å². The highest BCUT2D eigenvalue weighted by Crippen LogP contribution is 2.51. The van der Waals surface area contributed by atoms with E-state index in [0.29, 0.717) is 11.8 Å². The molecule has 0 bridgehead atoms. The van der Waals surface area contributed by atoms with Crippen molar-refractivity contribution in [3.63, 3.8) is 0 Å². The second kappa shape index (κ2) is 6.19. The minimum atomic E-state index is -0.412. The van der Waals surface area contributed by atoms with Crippen LogP contribution < -0.4 is 5.32 Å². The van der Waals surface area contributed by atoms with Crippen LogP contribution in [0.4, 0.5) is 11.4 Å². The van der Waals surface area contributed by atoms with Crippen molar-refractivity contribution in [2.75, 3.05) is 5.32 Å². The molecule has 1 N–H and O–H groups in total. The van der Waals surface area contributed by atoms with Crippen LogP contribution in [0.2, 0.25) is 5.02 Å². The highest BCUT2D eigenvalue weighted by Gasteiger charge is 2.38.